The molecule has 0 saturated carbocycles. The summed E-state index contributed by atoms with van der Waals surface area (Å²) in [6.07, 6.45) is 7.21. The first-order valence-electron chi connectivity index (χ1n) is 8.98. The molecule has 0 amide bonds. The van der Waals surface area contributed by atoms with Gasteiger partial charge in [-0.05, 0) is 38.7 Å². The maximum absolute atomic E-state index is 4.76. The molecule has 7 nitrogen and oxygen atoms in total. The highest BCUT2D eigenvalue weighted by Crippen LogP contribution is 2.16. The minimum absolute atomic E-state index is 0.428. The van der Waals surface area contributed by atoms with E-state index in [1.165, 1.54) is 5.56 Å². The van der Waals surface area contributed by atoms with Gasteiger partial charge in [0.05, 0.1) is 17.6 Å². The van der Waals surface area contributed by atoms with E-state index >= 15 is 0 Å². The molecule has 0 radical (unpaired) electrons. The van der Waals surface area contributed by atoms with Crippen LogP contribution in [0.5, 0.6) is 0 Å². The van der Waals surface area contributed by atoms with Crippen molar-refractivity contribution >= 4 is 0 Å². The molecule has 0 aliphatic carbocycles. The third kappa shape index (κ3) is 7.21. The smallest absolute Gasteiger partial charge is 0.127 e. The first-order chi connectivity index (χ1) is 12.2. The number of hydrogen-bond donors (Lipinski definition) is 0. The van der Waals surface area contributed by atoms with E-state index in [0.29, 0.717) is 17.9 Å². The standard InChI is InChI=1S/C7H12N2.C7H11NO.C5H9N3/c1-6(2)7-4-5-9(3)8-7;1-5(2)7-4-9-8-6(7)3;1-5(2)8-4-3-6-7-8/h4-6H,1-3H3;4-5H,1-3H3;3-5H,1-2H3. The highest BCUT2D eigenvalue weighted by Gasteiger charge is 2.05. The Hall–Kier alpha value is -2.44. The van der Waals surface area contributed by atoms with E-state index in [0.717, 1.165) is 11.4 Å². The van der Waals surface area contributed by atoms with Crippen molar-refractivity contribution in [1.29, 1.82) is 0 Å². The largest absolute Gasteiger partial charge is 0.364 e. The summed E-state index contributed by atoms with van der Waals surface area (Å²) in [7, 11) is 1.94. The van der Waals surface area contributed by atoms with Crippen LogP contribution in [-0.2, 0) is 7.05 Å². The summed E-state index contributed by atoms with van der Waals surface area (Å²) in [4.78, 5) is 0. The predicted molar refractivity (Wildman–Crippen MR) is 103 cm³/mol. The van der Waals surface area contributed by atoms with Crippen LogP contribution in [0.15, 0.2) is 35.4 Å². The van der Waals surface area contributed by atoms with Crippen molar-refractivity contribution in [3.8, 4) is 0 Å². The highest BCUT2D eigenvalue weighted by molar-refractivity contribution is 5.16. The molecule has 0 fully saturated rings. The highest BCUT2D eigenvalue weighted by atomic mass is 16.5. The number of aryl methyl sites for hydroxylation is 2. The minimum Gasteiger partial charge on any atom is -0.364 e. The lowest BCUT2D eigenvalue weighted by atomic mass is 10.1. The van der Waals surface area contributed by atoms with Crippen LogP contribution in [-0.4, -0.2) is 29.9 Å². The summed E-state index contributed by atoms with van der Waals surface area (Å²) in [5.74, 6) is 1.07. The Morgan fingerprint density at radius 3 is 1.92 bits per heavy atom. The fourth-order valence-electron chi connectivity index (χ4n) is 2.09. The van der Waals surface area contributed by atoms with Crippen molar-refractivity contribution < 1.29 is 4.52 Å². The lowest BCUT2D eigenvalue weighted by molar-refractivity contribution is 0.414. The molecule has 144 valence electrons. The maximum atomic E-state index is 4.76. The Balaban J connectivity index is 0.000000195. The summed E-state index contributed by atoms with van der Waals surface area (Å²) in [5, 5.41) is 15.4. The summed E-state index contributed by atoms with van der Waals surface area (Å²) in [5.41, 5.74) is 3.37. The second-order valence-electron chi connectivity index (χ2n) is 7.06. The van der Waals surface area contributed by atoms with Crippen molar-refractivity contribution in [2.24, 2.45) is 7.05 Å². The third-order valence-electron chi connectivity index (χ3n) is 3.70. The average Bonchev–Trinajstić information content (AvgIpc) is 3.28. The van der Waals surface area contributed by atoms with E-state index in [-0.39, 0.29) is 0 Å². The van der Waals surface area contributed by atoms with E-state index in [4.69, 9.17) is 4.52 Å². The van der Waals surface area contributed by atoms with Gasteiger partial charge in [0.25, 0.3) is 0 Å². The van der Waals surface area contributed by atoms with Crippen molar-refractivity contribution in [2.75, 3.05) is 0 Å². The molecule has 3 aromatic rings. The molecule has 3 heterocycles. The van der Waals surface area contributed by atoms with E-state index in [9.17, 15) is 0 Å². The number of aromatic nitrogens is 6. The molecule has 0 bridgehead atoms. The van der Waals surface area contributed by atoms with Gasteiger partial charge >= 0.3 is 0 Å². The summed E-state index contributed by atoms with van der Waals surface area (Å²) in [6.45, 7) is 14.6. The van der Waals surface area contributed by atoms with Crippen molar-refractivity contribution in [3.63, 3.8) is 0 Å². The van der Waals surface area contributed by atoms with E-state index in [2.05, 4.69) is 62.1 Å². The molecule has 0 N–H and O–H groups in total. The molecule has 0 unspecified atom stereocenters. The first kappa shape index (κ1) is 21.6. The fraction of sp³-hybridized carbons (Fsp3) is 0.579. The van der Waals surface area contributed by atoms with Crippen molar-refractivity contribution in [1.82, 2.24) is 29.9 Å². The van der Waals surface area contributed by atoms with Gasteiger partial charge in [0, 0.05) is 31.0 Å². The Bertz CT molecular complexity index is 725. The van der Waals surface area contributed by atoms with Crippen LogP contribution in [0, 0.1) is 6.92 Å². The molecule has 0 spiro atoms. The fourth-order valence-corrected chi connectivity index (χ4v) is 2.09. The van der Waals surface area contributed by atoms with E-state index in [1.807, 2.05) is 37.1 Å². The molecule has 0 aliphatic heterocycles. The minimum atomic E-state index is 0.428. The van der Waals surface area contributed by atoms with Crippen LogP contribution >= 0.6 is 0 Å². The molecule has 0 aliphatic rings. The van der Waals surface area contributed by atoms with Gasteiger partial charge in [-0.2, -0.15) is 5.10 Å². The van der Waals surface area contributed by atoms with Gasteiger partial charge < -0.3 is 4.52 Å². The molecular formula is C19H32N6O. The zero-order valence-corrected chi connectivity index (χ0v) is 17.2. The third-order valence-corrected chi connectivity index (χ3v) is 3.70. The Kier molecular flexibility index (Phi) is 8.75. The monoisotopic (exact) mass is 360 g/mol. The lowest BCUT2D eigenvalue weighted by Crippen LogP contribution is -2.00. The van der Waals surface area contributed by atoms with Crippen LogP contribution in [0.2, 0.25) is 0 Å². The van der Waals surface area contributed by atoms with Crippen molar-refractivity contribution in [2.45, 2.75) is 66.3 Å². The van der Waals surface area contributed by atoms with Crippen LogP contribution in [0.3, 0.4) is 0 Å². The molecule has 0 saturated heterocycles. The summed E-state index contributed by atoms with van der Waals surface area (Å²) < 4.78 is 8.39. The SMILES string of the molecule is CC(C)c1ccn(C)n1.CC(C)n1ccnn1.Cc1nocc1C(C)C. The van der Waals surface area contributed by atoms with Gasteiger partial charge in [-0.3, -0.25) is 9.36 Å². The van der Waals surface area contributed by atoms with Crippen molar-refractivity contribution in [3.05, 3.63) is 47.9 Å². The normalized spacial score (nSPS) is 10.6. The van der Waals surface area contributed by atoms with Crippen LogP contribution in [0.1, 0.15) is 76.4 Å². The van der Waals surface area contributed by atoms with Crippen LogP contribution < -0.4 is 0 Å². The van der Waals surface area contributed by atoms with Crippen LogP contribution in [0.4, 0.5) is 0 Å². The van der Waals surface area contributed by atoms with Gasteiger partial charge in [-0.25, -0.2) is 0 Å². The van der Waals surface area contributed by atoms with E-state index in [1.54, 1.807) is 17.1 Å². The number of rotatable bonds is 3. The Morgan fingerprint density at radius 2 is 1.69 bits per heavy atom. The average molecular weight is 361 g/mol. The predicted octanol–water partition coefficient (Wildman–Crippen LogP) is 4.51. The second-order valence-corrected chi connectivity index (χ2v) is 7.06. The van der Waals surface area contributed by atoms with E-state index < -0.39 is 0 Å². The van der Waals surface area contributed by atoms with Gasteiger partial charge in [0.15, 0.2) is 0 Å². The van der Waals surface area contributed by atoms with Gasteiger partial charge in [0.2, 0.25) is 0 Å². The molecule has 3 rings (SSSR count). The quantitative estimate of drug-likeness (QED) is 0.687. The summed E-state index contributed by atoms with van der Waals surface area (Å²) in [6, 6.07) is 2.47. The maximum Gasteiger partial charge on any atom is 0.127 e. The number of nitrogens with zero attached hydrogens (tertiary/aromatic N) is 6. The topological polar surface area (TPSA) is 74.6 Å². The molecule has 3 aromatic heterocycles. The first-order valence-corrected chi connectivity index (χ1v) is 8.98. The summed E-state index contributed by atoms with van der Waals surface area (Å²) >= 11 is 0. The zero-order valence-electron chi connectivity index (χ0n) is 17.2. The molecule has 0 atom stereocenters. The van der Waals surface area contributed by atoms with Gasteiger partial charge in [-0.15, -0.1) is 5.10 Å². The molecule has 7 heteroatoms. The second kappa shape index (κ2) is 10.5. The number of hydrogen-bond acceptors (Lipinski definition) is 5. The molecular weight excluding hydrogens is 328 g/mol. The lowest BCUT2D eigenvalue weighted by Gasteiger charge is -2.00. The molecule has 0 aromatic carbocycles. The van der Waals surface area contributed by atoms with Gasteiger partial charge in [-0.1, -0.05) is 38.1 Å². The van der Waals surface area contributed by atoms with Gasteiger partial charge in [0.1, 0.15) is 6.26 Å². The van der Waals surface area contributed by atoms with Crippen LogP contribution in [0.25, 0.3) is 0 Å². The zero-order chi connectivity index (χ0) is 19.7. The Morgan fingerprint density at radius 1 is 1.00 bits per heavy atom. The molecule has 26 heavy (non-hydrogen) atoms. The Labute approximate surface area is 156 Å².